The zero-order chi connectivity index (χ0) is 6.41. The molecule has 0 aliphatic carbocycles. The van der Waals surface area contributed by atoms with Crippen molar-refractivity contribution in [3.8, 4) is 0 Å². The van der Waals surface area contributed by atoms with Crippen molar-refractivity contribution in [3.63, 3.8) is 0 Å². The third-order valence-electron chi connectivity index (χ3n) is 0. The predicted molar refractivity (Wildman–Crippen MR) is 3.43 cm³/mol. The molecular formula is MoO5Ta. The molecule has 41 valence electrons. The van der Waals surface area contributed by atoms with E-state index in [2.05, 4.69) is 0 Å². The minimum atomic E-state index is -8.59. The van der Waals surface area contributed by atoms with E-state index in [0.717, 1.165) is 0 Å². The van der Waals surface area contributed by atoms with Gasteiger partial charge in [-0.15, -0.1) is 0 Å². The normalized spacial score (nSPS) is 12.0. The summed E-state index contributed by atoms with van der Waals surface area (Å²) < 4.78 is 46.2. The van der Waals surface area contributed by atoms with Gasteiger partial charge in [-0.1, -0.05) is 0 Å². The molecule has 0 atom stereocenters. The number of hydrogen-bond donors (Lipinski definition) is 0. The molecule has 0 bridgehead atoms. The van der Waals surface area contributed by atoms with Gasteiger partial charge in [0.2, 0.25) is 0 Å². The molecule has 0 heterocycles. The van der Waals surface area contributed by atoms with E-state index in [0.29, 0.717) is 0 Å². The third-order valence-corrected chi connectivity index (χ3v) is 0. The number of rotatable bonds is 0. The van der Waals surface area contributed by atoms with E-state index in [1.165, 1.54) is 0 Å². The molecule has 0 saturated carbocycles. The Morgan fingerprint density at radius 2 is 0.857 bits per heavy atom. The van der Waals surface area contributed by atoms with Crippen molar-refractivity contribution in [1.82, 2.24) is 0 Å². The van der Waals surface area contributed by atoms with Crippen LogP contribution in [0.1, 0.15) is 0 Å². The Hall–Kier alpha value is 0.429. The van der Waals surface area contributed by atoms with Gasteiger partial charge in [0.05, 0.1) is 0 Å². The van der Waals surface area contributed by atoms with Gasteiger partial charge in [0.1, 0.15) is 0 Å². The molecule has 5 nitrogen and oxygen atoms in total. The molecule has 0 unspecified atom stereocenters. The van der Waals surface area contributed by atoms with Crippen molar-refractivity contribution < 1.29 is 44.0 Å². The van der Waals surface area contributed by atoms with Crippen molar-refractivity contribution in [2.75, 3.05) is 0 Å². The Labute approximate surface area is 44.0 Å². The molecule has 0 fully saturated rings. The molecule has 7 heavy (non-hydrogen) atoms. The van der Waals surface area contributed by atoms with Crippen LogP contribution < -0.4 is 0 Å². The molecule has 0 rings (SSSR count). The van der Waals surface area contributed by atoms with Crippen molar-refractivity contribution >= 4 is 0 Å². The average Bonchev–Trinajstić information content (AvgIpc) is 0.592. The van der Waals surface area contributed by atoms with E-state index in [4.69, 9.17) is 0 Å². The van der Waals surface area contributed by atoms with Crippen LogP contribution in [0.4, 0.5) is 0 Å². The molecule has 0 radical (unpaired) electrons. The SMILES string of the molecule is [O]=[Ta](=[O])(=[O])(=[O])(=[O])[Mo]. The van der Waals surface area contributed by atoms with Crippen molar-refractivity contribution in [1.29, 1.82) is 0 Å². The Morgan fingerprint density at radius 1 is 0.857 bits per heavy atom. The van der Waals surface area contributed by atoms with Crippen LogP contribution in [0.2, 0.25) is 0 Å². The number of hydrogen-bond acceptors (Lipinski definition) is 5. The van der Waals surface area contributed by atoms with Crippen molar-refractivity contribution in [2.45, 2.75) is 0 Å². The van der Waals surface area contributed by atoms with Crippen LogP contribution >= 0.6 is 0 Å². The summed E-state index contributed by atoms with van der Waals surface area (Å²) in [6.45, 7) is 0. The second-order valence-corrected chi connectivity index (χ2v) is 24.1. The molecule has 7 heteroatoms. The molecule has 0 aromatic heterocycles. The summed E-state index contributed by atoms with van der Waals surface area (Å²) in [5.74, 6) is 0. The van der Waals surface area contributed by atoms with Crippen LogP contribution in [0, 0.1) is 0 Å². The maximum absolute atomic E-state index is 9.25. The van der Waals surface area contributed by atoms with Crippen LogP contribution in [0.3, 0.4) is 0 Å². The standard InChI is InChI=1S/Mo.5O.Ta. The van der Waals surface area contributed by atoms with Crippen molar-refractivity contribution in [2.24, 2.45) is 0 Å². The molecule has 0 aliphatic heterocycles. The quantitative estimate of drug-likeness (QED) is 0.541. The fourth-order valence-electron chi connectivity index (χ4n) is 0. The molecule has 0 saturated heterocycles. The van der Waals surface area contributed by atoms with Gasteiger partial charge in [0, 0.05) is 0 Å². The first-order valence-corrected chi connectivity index (χ1v) is 16.3. The molecular weight excluding hydrogens is 357 g/mol. The molecule has 0 aromatic carbocycles. The summed E-state index contributed by atoms with van der Waals surface area (Å²) in [5.41, 5.74) is 0. The second kappa shape index (κ2) is 0.796. The van der Waals surface area contributed by atoms with Gasteiger partial charge in [-0.05, 0) is 0 Å². The van der Waals surface area contributed by atoms with Gasteiger partial charge in [-0.25, -0.2) is 0 Å². The summed E-state index contributed by atoms with van der Waals surface area (Å²) in [5, 5.41) is 0. The maximum atomic E-state index is 9.25. The van der Waals surface area contributed by atoms with Gasteiger partial charge < -0.3 is 0 Å². The molecule has 0 aliphatic rings. The summed E-state index contributed by atoms with van der Waals surface area (Å²) >= 11 is -9.01. The molecule has 0 N–H and O–H groups in total. The second-order valence-electron chi connectivity index (χ2n) is 1.12. The first kappa shape index (κ1) is 7.43. The Morgan fingerprint density at radius 3 is 0.857 bits per heavy atom. The Bertz CT molecular complexity index is 386. The fourth-order valence-corrected chi connectivity index (χ4v) is 0. The summed E-state index contributed by atoms with van der Waals surface area (Å²) in [6, 6.07) is 0. The third kappa shape index (κ3) is 686. The Balaban J connectivity index is 7.65. The zero-order valence-electron chi connectivity index (χ0n) is 2.90. The van der Waals surface area contributed by atoms with Gasteiger partial charge in [-0.3, -0.25) is 0 Å². The zero-order valence-corrected chi connectivity index (χ0v) is 8.12. The van der Waals surface area contributed by atoms with Crippen LogP contribution in [0.15, 0.2) is 0 Å². The molecule has 0 amide bonds. The summed E-state index contributed by atoms with van der Waals surface area (Å²) in [7, 11) is 0. The first-order valence-electron chi connectivity index (χ1n) is 1.10. The van der Waals surface area contributed by atoms with E-state index in [1.807, 2.05) is 0 Å². The van der Waals surface area contributed by atoms with E-state index >= 15 is 0 Å². The van der Waals surface area contributed by atoms with Crippen molar-refractivity contribution in [3.05, 3.63) is 0 Å². The molecule has 0 aromatic rings. The van der Waals surface area contributed by atoms with Gasteiger partial charge >= 0.3 is 44.0 Å². The van der Waals surface area contributed by atoms with Crippen LogP contribution in [0.25, 0.3) is 0 Å². The first-order chi connectivity index (χ1) is 2.45. The van der Waals surface area contributed by atoms with E-state index < -0.39 is 27.8 Å². The van der Waals surface area contributed by atoms with Gasteiger partial charge in [0.15, 0.2) is 0 Å². The van der Waals surface area contributed by atoms with Crippen LogP contribution in [-0.4, -0.2) is 0 Å². The van der Waals surface area contributed by atoms with Gasteiger partial charge in [0.25, 0.3) is 0 Å². The van der Waals surface area contributed by atoms with Crippen LogP contribution in [0.5, 0.6) is 0 Å². The van der Waals surface area contributed by atoms with Gasteiger partial charge in [-0.2, -0.15) is 0 Å². The monoisotopic (exact) mass is 359 g/mol. The van der Waals surface area contributed by atoms with Crippen LogP contribution in [-0.2, 0) is 44.0 Å². The van der Waals surface area contributed by atoms with E-state index in [9.17, 15) is 16.3 Å². The molecule has 0 spiro atoms. The van der Waals surface area contributed by atoms with E-state index in [-0.39, 0.29) is 0 Å². The average molecular weight is 357 g/mol. The summed E-state index contributed by atoms with van der Waals surface area (Å²) in [4.78, 5) is 0. The topological polar surface area (TPSA) is 85.3 Å². The minimum absolute atomic E-state index is 0.415. The Kier molecular flexibility index (Phi) is 0.845. The van der Waals surface area contributed by atoms with E-state index in [1.54, 1.807) is 0 Å². The predicted octanol–water partition coefficient (Wildman–Crippen LogP) is -0.599. The fraction of sp³-hybridized carbons (Fsp3) is 0. The summed E-state index contributed by atoms with van der Waals surface area (Å²) in [6.07, 6.45) is 0.